The number of alkyl halides is 3. The third-order valence-corrected chi connectivity index (χ3v) is 3.86. The molecular weight excluding hydrogens is 395 g/mol. The molecule has 0 bridgehead atoms. The minimum atomic E-state index is -4.50. The molecule has 5 nitrogen and oxygen atoms in total. The Hall–Kier alpha value is -2.58. The first-order chi connectivity index (χ1) is 12.7. The van der Waals surface area contributed by atoms with Crippen molar-refractivity contribution >= 4 is 29.9 Å². The summed E-state index contributed by atoms with van der Waals surface area (Å²) in [7, 11) is 0. The number of hydrogen-bond acceptors (Lipinski definition) is 3. The first kappa shape index (κ1) is 23.5. The topological polar surface area (TPSA) is 84.2 Å². The lowest BCUT2D eigenvalue weighted by molar-refractivity contribution is -0.123. The Morgan fingerprint density at radius 1 is 1.11 bits per heavy atom. The van der Waals surface area contributed by atoms with Crippen molar-refractivity contribution in [1.82, 2.24) is 5.32 Å². The van der Waals surface area contributed by atoms with Gasteiger partial charge in [-0.2, -0.15) is 13.2 Å². The van der Waals surface area contributed by atoms with Crippen LogP contribution in [0.4, 0.5) is 18.9 Å². The number of nitrogens with one attached hydrogen (secondary N) is 2. The second kappa shape index (κ2) is 10.1. The van der Waals surface area contributed by atoms with Crippen molar-refractivity contribution in [2.24, 2.45) is 5.73 Å². The van der Waals surface area contributed by atoms with Gasteiger partial charge in [0, 0.05) is 23.7 Å². The van der Waals surface area contributed by atoms with Crippen LogP contribution in [0, 0.1) is 6.92 Å². The monoisotopic (exact) mass is 415 g/mol. The van der Waals surface area contributed by atoms with Gasteiger partial charge in [0.25, 0.3) is 5.91 Å². The van der Waals surface area contributed by atoms with Crippen molar-refractivity contribution in [1.29, 1.82) is 0 Å². The summed E-state index contributed by atoms with van der Waals surface area (Å²) in [6.45, 7) is 0.289. The van der Waals surface area contributed by atoms with Gasteiger partial charge in [-0.05, 0) is 30.2 Å². The molecule has 0 spiro atoms. The van der Waals surface area contributed by atoms with Crippen LogP contribution in [0.5, 0.6) is 0 Å². The first-order valence-corrected chi connectivity index (χ1v) is 8.21. The highest BCUT2D eigenvalue weighted by molar-refractivity contribution is 5.97. The fourth-order valence-corrected chi connectivity index (χ4v) is 2.40. The summed E-state index contributed by atoms with van der Waals surface area (Å²) in [6, 6.07) is 12.9. The van der Waals surface area contributed by atoms with E-state index in [2.05, 4.69) is 5.32 Å². The van der Waals surface area contributed by atoms with E-state index in [0.29, 0.717) is 11.3 Å². The van der Waals surface area contributed by atoms with Gasteiger partial charge in [-0.3, -0.25) is 9.59 Å². The van der Waals surface area contributed by atoms with Gasteiger partial charge < -0.3 is 16.4 Å². The highest BCUT2D eigenvalue weighted by Gasteiger charge is 2.28. The van der Waals surface area contributed by atoms with Crippen LogP contribution >= 0.6 is 12.4 Å². The number of amides is 2. The van der Waals surface area contributed by atoms with Gasteiger partial charge in [-0.25, -0.2) is 0 Å². The van der Waals surface area contributed by atoms with Crippen molar-refractivity contribution in [3.63, 3.8) is 0 Å². The number of rotatable bonds is 6. The van der Waals surface area contributed by atoms with E-state index in [9.17, 15) is 22.8 Å². The summed E-state index contributed by atoms with van der Waals surface area (Å²) in [5.74, 6) is -1.23. The molecule has 0 aromatic heterocycles. The van der Waals surface area contributed by atoms with Crippen LogP contribution in [0.3, 0.4) is 0 Å². The van der Waals surface area contributed by atoms with E-state index in [1.165, 1.54) is 12.1 Å². The van der Waals surface area contributed by atoms with Crippen molar-refractivity contribution < 1.29 is 22.8 Å². The van der Waals surface area contributed by atoms with Gasteiger partial charge in [-0.1, -0.05) is 36.4 Å². The van der Waals surface area contributed by atoms with Crippen LogP contribution in [-0.4, -0.2) is 24.5 Å². The number of anilines is 1. The van der Waals surface area contributed by atoms with E-state index in [0.717, 1.165) is 5.56 Å². The quantitative estimate of drug-likeness (QED) is 0.672. The molecule has 4 N–H and O–H groups in total. The van der Waals surface area contributed by atoms with Crippen LogP contribution in [0.1, 0.15) is 33.9 Å². The Labute approximate surface area is 166 Å². The zero-order valence-electron chi connectivity index (χ0n) is 15.0. The normalized spacial score (nSPS) is 11.9. The van der Waals surface area contributed by atoms with Gasteiger partial charge in [0.2, 0.25) is 5.91 Å². The largest absolute Gasteiger partial charge is 0.405 e. The number of benzene rings is 2. The number of aryl methyl sites for hydroxylation is 1. The van der Waals surface area contributed by atoms with E-state index in [4.69, 9.17) is 5.73 Å². The lowest BCUT2D eigenvalue weighted by Crippen LogP contribution is -2.33. The second-order valence-electron chi connectivity index (χ2n) is 6.10. The Bertz CT molecular complexity index is 814. The van der Waals surface area contributed by atoms with Crippen LogP contribution in [0.25, 0.3) is 0 Å². The molecule has 0 saturated heterocycles. The molecule has 0 aliphatic carbocycles. The van der Waals surface area contributed by atoms with Gasteiger partial charge in [-0.15, -0.1) is 12.4 Å². The van der Waals surface area contributed by atoms with Crippen LogP contribution < -0.4 is 16.4 Å². The first-order valence-electron chi connectivity index (χ1n) is 8.21. The molecule has 1 atom stereocenters. The lowest BCUT2D eigenvalue weighted by atomic mass is 10.0. The molecule has 1 unspecified atom stereocenters. The van der Waals surface area contributed by atoms with Gasteiger partial charge in [0.15, 0.2) is 0 Å². The van der Waals surface area contributed by atoms with Gasteiger partial charge in [0.05, 0.1) is 0 Å². The van der Waals surface area contributed by atoms with Crippen LogP contribution in [0.2, 0.25) is 0 Å². The Morgan fingerprint density at radius 2 is 1.75 bits per heavy atom. The summed E-state index contributed by atoms with van der Waals surface area (Å²) >= 11 is 0. The number of hydrogen-bond donors (Lipinski definition) is 3. The molecular formula is C19H21ClF3N3O2. The minimum Gasteiger partial charge on any atom is -0.343 e. The molecule has 2 aromatic rings. The lowest BCUT2D eigenvalue weighted by Gasteiger charge is -2.14. The van der Waals surface area contributed by atoms with Crippen LogP contribution in [-0.2, 0) is 4.79 Å². The third kappa shape index (κ3) is 7.21. The molecule has 2 amide bonds. The molecule has 2 aromatic carbocycles. The minimum absolute atomic E-state index is 0. The molecule has 2 rings (SSSR count). The average Bonchev–Trinajstić information content (AvgIpc) is 2.61. The smallest absolute Gasteiger partial charge is 0.343 e. The Balaban J connectivity index is 0.00000392. The zero-order chi connectivity index (χ0) is 20.0. The Morgan fingerprint density at radius 3 is 2.36 bits per heavy atom. The molecule has 0 aliphatic heterocycles. The molecule has 0 aliphatic rings. The maximum absolute atomic E-state index is 12.2. The molecule has 28 heavy (non-hydrogen) atoms. The van der Waals surface area contributed by atoms with E-state index >= 15 is 0 Å². The molecule has 0 saturated carbocycles. The summed E-state index contributed by atoms with van der Waals surface area (Å²) in [5.41, 5.74) is 7.86. The van der Waals surface area contributed by atoms with Crippen molar-refractivity contribution in [2.45, 2.75) is 25.6 Å². The highest BCUT2D eigenvalue weighted by Crippen LogP contribution is 2.20. The number of halogens is 4. The number of carbonyl (C=O) groups excluding carboxylic acids is 2. The number of carbonyl (C=O) groups is 2. The zero-order valence-corrected chi connectivity index (χ0v) is 15.9. The van der Waals surface area contributed by atoms with Crippen molar-refractivity contribution in [3.8, 4) is 0 Å². The van der Waals surface area contributed by atoms with Crippen molar-refractivity contribution in [3.05, 3.63) is 65.2 Å². The molecule has 0 heterocycles. The average molecular weight is 416 g/mol. The summed E-state index contributed by atoms with van der Waals surface area (Å²) < 4.78 is 36.7. The third-order valence-electron chi connectivity index (χ3n) is 3.86. The van der Waals surface area contributed by atoms with E-state index < -0.39 is 24.7 Å². The standard InChI is InChI=1S/C19H20F3N3O2.ClH/c1-12-7-8-14(18(27)24-11-19(20,21)22)9-16(12)25-17(26)10-15(23)13-5-3-2-4-6-13;/h2-9,15H,10-11,23H2,1H3,(H,24,27)(H,25,26);1H. The van der Waals surface area contributed by atoms with Crippen LogP contribution in [0.15, 0.2) is 48.5 Å². The van der Waals surface area contributed by atoms with E-state index in [1.807, 2.05) is 30.3 Å². The summed E-state index contributed by atoms with van der Waals surface area (Å²) in [6.07, 6.45) is -4.47. The Kier molecular flexibility index (Phi) is 8.46. The molecule has 152 valence electrons. The predicted molar refractivity (Wildman–Crippen MR) is 103 cm³/mol. The van der Waals surface area contributed by atoms with Gasteiger partial charge >= 0.3 is 6.18 Å². The predicted octanol–water partition coefficient (Wildman–Crippen LogP) is 3.74. The second-order valence-corrected chi connectivity index (χ2v) is 6.10. The maximum Gasteiger partial charge on any atom is 0.405 e. The fraction of sp³-hybridized carbons (Fsp3) is 0.263. The fourth-order valence-electron chi connectivity index (χ4n) is 2.40. The highest BCUT2D eigenvalue weighted by atomic mass is 35.5. The molecule has 0 fully saturated rings. The van der Waals surface area contributed by atoms with Crippen molar-refractivity contribution in [2.75, 3.05) is 11.9 Å². The van der Waals surface area contributed by atoms with E-state index in [1.54, 1.807) is 18.3 Å². The molecule has 9 heteroatoms. The van der Waals surface area contributed by atoms with Gasteiger partial charge in [0.1, 0.15) is 6.54 Å². The maximum atomic E-state index is 12.2. The summed E-state index contributed by atoms with van der Waals surface area (Å²) in [4.78, 5) is 24.1. The molecule has 0 radical (unpaired) electrons. The summed E-state index contributed by atoms with van der Waals surface area (Å²) in [5, 5.41) is 4.45. The van der Waals surface area contributed by atoms with E-state index in [-0.39, 0.29) is 30.3 Å². The number of nitrogens with two attached hydrogens (primary N) is 1. The SMILES string of the molecule is Cc1ccc(C(=O)NCC(F)(F)F)cc1NC(=O)CC(N)c1ccccc1.Cl.